The first-order valence-electron chi connectivity index (χ1n) is 11.3. The van der Waals surface area contributed by atoms with Crippen LogP contribution in [0.5, 0.6) is 0 Å². The Morgan fingerprint density at radius 3 is 1.88 bits per heavy atom. The molecular weight excluding hydrogens is 400 g/mol. The maximum absolute atomic E-state index is 12.9. The van der Waals surface area contributed by atoms with E-state index in [0.717, 1.165) is 12.8 Å². The summed E-state index contributed by atoms with van der Waals surface area (Å²) in [5.74, 6) is 0.0418. The van der Waals surface area contributed by atoms with Crippen LogP contribution in [0.2, 0.25) is 0 Å². The van der Waals surface area contributed by atoms with E-state index in [1.807, 2.05) is 36.4 Å². The van der Waals surface area contributed by atoms with Gasteiger partial charge in [-0.25, -0.2) is 9.59 Å². The summed E-state index contributed by atoms with van der Waals surface area (Å²) in [6, 6.07) is 26.6. The van der Waals surface area contributed by atoms with Crippen molar-refractivity contribution in [1.82, 2.24) is 0 Å². The lowest BCUT2D eigenvalue weighted by Gasteiger charge is -2.26. The van der Waals surface area contributed by atoms with Crippen LogP contribution in [-0.4, -0.2) is 24.1 Å². The van der Waals surface area contributed by atoms with Crippen LogP contribution in [0.15, 0.2) is 84.9 Å². The lowest BCUT2D eigenvalue weighted by atomic mass is 9.88. The number of benzene rings is 3. The molecule has 0 saturated heterocycles. The largest absolute Gasteiger partial charge is 0.455 e. The van der Waals surface area contributed by atoms with E-state index in [0.29, 0.717) is 35.8 Å². The molecule has 0 bridgehead atoms. The Bertz CT molecular complexity index is 1090. The van der Waals surface area contributed by atoms with Crippen LogP contribution < -0.4 is 0 Å². The Labute approximate surface area is 188 Å². The summed E-state index contributed by atoms with van der Waals surface area (Å²) in [6.07, 6.45) is 2.30. The quantitative estimate of drug-likeness (QED) is 0.511. The summed E-state index contributed by atoms with van der Waals surface area (Å²) in [5.41, 5.74) is 3.79. The first-order chi connectivity index (χ1) is 15.7. The average Bonchev–Trinajstić information content (AvgIpc) is 3.10. The summed E-state index contributed by atoms with van der Waals surface area (Å²) in [5, 5.41) is 0. The minimum absolute atomic E-state index is 0.370. The van der Waals surface area contributed by atoms with Gasteiger partial charge in [0.1, 0.15) is 12.2 Å². The van der Waals surface area contributed by atoms with E-state index in [4.69, 9.17) is 9.47 Å². The summed E-state index contributed by atoms with van der Waals surface area (Å²) in [4.78, 5) is 25.7. The minimum Gasteiger partial charge on any atom is -0.455 e. The number of hydrogen-bond donors (Lipinski definition) is 0. The van der Waals surface area contributed by atoms with Gasteiger partial charge in [0, 0.05) is 0 Å². The zero-order chi connectivity index (χ0) is 21.9. The number of esters is 2. The molecule has 3 aromatic rings. The molecule has 4 heteroatoms. The molecule has 4 unspecified atom stereocenters. The number of fused-ring (bicyclic) bond motifs is 3. The molecule has 0 N–H and O–H groups in total. The number of carbonyl (C=O) groups is 2. The van der Waals surface area contributed by atoms with Crippen molar-refractivity contribution in [3.63, 3.8) is 0 Å². The highest BCUT2D eigenvalue weighted by Gasteiger charge is 2.42. The molecule has 2 aliphatic rings. The van der Waals surface area contributed by atoms with Crippen LogP contribution in [0, 0.1) is 5.92 Å². The maximum Gasteiger partial charge on any atom is 0.338 e. The molecule has 162 valence electrons. The highest BCUT2D eigenvalue weighted by Crippen LogP contribution is 2.46. The van der Waals surface area contributed by atoms with Crippen molar-refractivity contribution < 1.29 is 19.1 Å². The Morgan fingerprint density at radius 1 is 0.656 bits per heavy atom. The topological polar surface area (TPSA) is 52.6 Å². The average molecular weight is 427 g/mol. The fraction of sp³-hybridized carbons (Fsp3) is 0.286. The number of ether oxygens (including phenoxy) is 2. The van der Waals surface area contributed by atoms with Gasteiger partial charge in [0.25, 0.3) is 0 Å². The SMILES string of the molecule is O=C(OC1CCC2c3ccccc3CC2CC1OC(=O)c1ccccc1)c1ccccc1. The lowest BCUT2D eigenvalue weighted by molar-refractivity contribution is -0.0407. The second-order valence-electron chi connectivity index (χ2n) is 8.70. The third kappa shape index (κ3) is 4.18. The molecule has 0 amide bonds. The summed E-state index contributed by atoms with van der Waals surface area (Å²) in [7, 11) is 0. The van der Waals surface area contributed by atoms with Crippen LogP contribution in [0.1, 0.15) is 57.0 Å². The fourth-order valence-corrected chi connectivity index (χ4v) is 5.20. The van der Waals surface area contributed by atoms with Gasteiger partial charge in [-0.15, -0.1) is 0 Å². The van der Waals surface area contributed by atoms with E-state index in [9.17, 15) is 9.59 Å². The van der Waals surface area contributed by atoms with Crippen molar-refractivity contribution in [2.45, 2.75) is 43.8 Å². The van der Waals surface area contributed by atoms with E-state index in [1.165, 1.54) is 11.1 Å². The Morgan fingerprint density at radius 2 is 1.22 bits per heavy atom. The third-order valence-electron chi connectivity index (χ3n) is 6.75. The number of rotatable bonds is 4. The molecule has 5 rings (SSSR count). The van der Waals surface area contributed by atoms with E-state index in [2.05, 4.69) is 24.3 Å². The molecule has 32 heavy (non-hydrogen) atoms. The van der Waals surface area contributed by atoms with Gasteiger partial charge in [0.05, 0.1) is 11.1 Å². The van der Waals surface area contributed by atoms with E-state index in [-0.39, 0.29) is 11.9 Å². The fourth-order valence-electron chi connectivity index (χ4n) is 5.20. The van der Waals surface area contributed by atoms with Crippen molar-refractivity contribution in [2.24, 2.45) is 5.92 Å². The molecule has 4 nitrogen and oxygen atoms in total. The molecular formula is C28H26O4. The first-order valence-corrected chi connectivity index (χ1v) is 11.3. The first kappa shape index (κ1) is 20.5. The summed E-state index contributed by atoms with van der Waals surface area (Å²) < 4.78 is 11.9. The molecule has 0 heterocycles. The molecule has 3 aromatic carbocycles. The minimum atomic E-state index is -0.473. The normalized spacial score (nSPS) is 24.0. The Hall–Kier alpha value is -3.40. The molecule has 0 aliphatic heterocycles. The highest BCUT2D eigenvalue weighted by atomic mass is 16.6. The smallest absolute Gasteiger partial charge is 0.338 e. The molecule has 1 saturated carbocycles. The van der Waals surface area contributed by atoms with Crippen LogP contribution >= 0.6 is 0 Å². The van der Waals surface area contributed by atoms with Crippen molar-refractivity contribution in [3.8, 4) is 0 Å². The lowest BCUT2D eigenvalue weighted by Crippen LogP contribution is -2.35. The van der Waals surface area contributed by atoms with Crippen LogP contribution in [0.3, 0.4) is 0 Å². The standard InChI is InChI=1S/C28H26O4/c29-27(19-9-3-1-4-10-19)31-25-16-15-24-22(17-21-13-7-8-14-23(21)24)18-26(25)32-28(30)20-11-5-2-6-12-20/h1-14,22,24-26H,15-18H2. The van der Waals surface area contributed by atoms with E-state index in [1.54, 1.807) is 24.3 Å². The second kappa shape index (κ2) is 8.99. The molecule has 0 radical (unpaired) electrons. The molecule has 0 aromatic heterocycles. The molecule has 2 aliphatic carbocycles. The van der Waals surface area contributed by atoms with E-state index < -0.39 is 12.2 Å². The van der Waals surface area contributed by atoms with Crippen molar-refractivity contribution in [2.75, 3.05) is 0 Å². The van der Waals surface area contributed by atoms with Gasteiger partial charge in [0.15, 0.2) is 0 Å². The Balaban J connectivity index is 1.39. The third-order valence-corrected chi connectivity index (χ3v) is 6.75. The van der Waals surface area contributed by atoms with Gasteiger partial charge >= 0.3 is 11.9 Å². The molecule has 4 atom stereocenters. The van der Waals surface area contributed by atoms with Crippen LogP contribution in [0.25, 0.3) is 0 Å². The zero-order valence-electron chi connectivity index (χ0n) is 17.9. The Kier molecular flexibility index (Phi) is 5.76. The van der Waals surface area contributed by atoms with Gasteiger partial charge in [-0.1, -0.05) is 60.7 Å². The highest BCUT2D eigenvalue weighted by molar-refractivity contribution is 5.90. The summed E-state index contributed by atoms with van der Waals surface area (Å²) in [6.45, 7) is 0. The number of hydrogen-bond acceptors (Lipinski definition) is 4. The maximum atomic E-state index is 12.9. The van der Waals surface area contributed by atoms with Gasteiger partial charge in [-0.2, -0.15) is 0 Å². The second-order valence-corrected chi connectivity index (χ2v) is 8.70. The van der Waals surface area contributed by atoms with Crippen molar-refractivity contribution in [1.29, 1.82) is 0 Å². The van der Waals surface area contributed by atoms with Crippen LogP contribution in [0.4, 0.5) is 0 Å². The van der Waals surface area contributed by atoms with Crippen LogP contribution in [-0.2, 0) is 15.9 Å². The van der Waals surface area contributed by atoms with Gasteiger partial charge < -0.3 is 9.47 Å². The molecule has 0 spiro atoms. The number of carbonyl (C=O) groups excluding carboxylic acids is 2. The van der Waals surface area contributed by atoms with Crippen molar-refractivity contribution in [3.05, 3.63) is 107 Å². The zero-order valence-corrected chi connectivity index (χ0v) is 17.9. The summed E-state index contributed by atoms with van der Waals surface area (Å²) >= 11 is 0. The van der Waals surface area contributed by atoms with Gasteiger partial charge in [-0.05, 0) is 72.9 Å². The monoisotopic (exact) mass is 426 g/mol. The predicted molar refractivity (Wildman–Crippen MR) is 122 cm³/mol. The predicted octanol–water partition coefficient (Wildman–Crippen LogP) is 5.58. The van der Waals surface area contributed by atoms with Crippen molar-refractivity contribution >= 4 is 11.9 Å². The van der Waals surface area contributed by atoms with Gasteiger partial charge in [-0.3, -0.25) is 0 Å². The van der Waals surface area contributed by atoms with E-state index >= 15 is 0 Å². The molecule has 1 fully saturated rings. The van der Waals surface area contributed by atoms with Gasteiger partial charge in [0.2, 0.25) is 0 Å².